The van der Waals surface area contributed by atoms with Gasteiger partial charge in [0, 0.05) is 0 Å². The van der Waals surface area contributed by atoms with Crippen LogP contribution in [0.25, 0.3) is 0 Å². The summed E-state index contributed by atoms with van der Waals surface area (Å²) in [6, 6.07) is 3.77. The van der Waals surface area contributed by atoms with E-state index in [1.54, 1.807) is 6.26 Å². The molecule has 0 fully saturated rings. The lowest BCUT2D eigenvalue weighted by Crippen LogP contribution is -3.00. The summed E-state index contributed by atoms with van der Waals surface area (Å²) in [7, 11) is 0. The Morgan fingerprint density at radius 2 is 2.38 bits per heavy atom. The van der Waals surface area contributed by atoms with E-state index >= 15 is 0 Å². The Kier molecular flexibility index (Phi) is 3.90. The van der Waals surface area contributed by atoms with Gasteiger partial charge in [0.1, 0.15) is 6.54 Å². The van der Waals surface area contributed by atoms with E-state index in [4.69, 9.17) is 4.42 Å². The fourth-order valence-corrected chi connectivity index (χ4v) is 0.455. The van der Waals surface area contributed by atoms with E-state index in [1.165, 1.54) is 0 Å². The monoisotopic (exact) mass is 225 g/mol. The number of hydrogen-bond acceptors (Lipinski definition) is 1. The number of quaternary nitrogens is 1. The van der Waals surface area contributed by atoms with E-state index in [1.807, 2.05) is 12.1 Å². The molecule has 0 aliphatic heterocycles. The molecule has 0 unspecified atom stereocenters. The Morgan fingerprint density at radius 3 is 2.62 bits per heavy atom. The molecule has 0 aromatic carbocycles. The number of halogens is 1. The molecule has 1 aromatic rings. The number of furan rings is 1. The van der Waals surface area contributed by atoms with Crippen molar-refractivity contribution in [2.75, 3.05) is 0 Å². The van der Waals surface area contributed by atoms with E-state index in [0.29, 0.717) is 0 Å². The van der Waals surface area contributed by atoms with E-state index in [0.717, 1.165) is 12.3 Å². The predicted molar refractivity (Wildman–Crippen MR) is 25.3 cm³/mol. The largest absolute Gasteiger partial charge is 1.00 e. The molecule has 0 radical (unpaired) electrons. The summed E-state index contributed by atoms with van der Waals surface area (Å²) in [5.41, 5.74) is 3.63. The Balaban J connectivity index is 0.000000490. The van der Waals surface area contributed by atoms with Crippen molar-refractivity contribution in [1.82, 2.24) is 0 Å². The highest BCUT2D eigenvalue weighted by Crippen LogP contribution is 1.94. The van der Waals surface area contributed by atoms with Crippen molar-refractivity contribution in [2.24, 2.45) is 0 Å². The highest BCUT2D eigenvalue weighted by molar-refractivity contribution is 4.95. The van der Waals surface area contributed by atoms with E-state index < -0.39 is 0 Å². The highest BCUT2D eigenvalue weighted by Gasteiger charge is 1.87. The molecule has 1 heterocycles. The fraction of sp³-hybridized carbons (Fsp3) is 0.200. The van der Waals surface area contributed by atoms with Crippen LogP contribution in [0, 0.1) is 0 Å². The Bertz CT molecular complexity index is 127. The molecule has 1 rings (SSSR count). The molecule has 1 aromatic heterocycles. The van der Waals surface area contributed by atoms with Gasteiger partial charge in [-0.15, -0.1) is 0 Å². The Morgan fingerprint density at radius 1 is 1.62 bits per heavy atom. The van der Waals surface area contributed by atoms with E-state index in [2.05, 4.69) is 5.73 Å². The van der Waals surface area contributed by atoms with Gasteiger partial charge in [-0.05, 0) is 12.1 Å². The van der Waals surface area contributed by atoms with Gasteiger partial charge in [0.15, 0.2) is 5.76 Å². The average molecular weight is 225 g/mol. The van der Waals surface area contributed by atoms with Gasteiger partial charge in [-0.2, -0.15) is 0 Å². The second-order valence-corrected chi connectivity index (χ2v) is 1.33. The first-order valence-electron chi connectivity index (χ1n) is 2.25. The van der Waals surface area contributed by atoms with Crippen molar-refractivity contribution < 1.29 is 34.1 Å². The summed E-state index contributed by atoms with van der Waals surface area (Å²) in [6.45, 7) is 0.743. The minimum Gasteiger partial charge on any atom is -1.00 e. The van der Waals surface area contributed by atoms with Gasteiger partial charge in [-0.1, -0.05) is 0 Å². The summed E-state index contributed by atoms with van der Waals surface area (Å²) in [4.78, 5) is 0. The normalized spacial score (nSPS) is 8.12. The number of hydrogen-bond donors (Lipinski definition) is 1. The Hall–Kier alpha value is -0.0300. The van der Waals surface area contributed by atoms with Crippen molar-refractivity contribution in [3.63, 3.8) is 0 Å². The van der Waals surface area contributed by atoms with Crippen molar-refractivity contribution in [3.05, 3.63) is 24.2 Å². The maximum Gasteiger partial charge on any atom is 0.157 e. The molecule has 0 aliphatic rings. The summed E-state index contributed by atoms with van der Waals surface area (Å²) in [5, 5.41) is 0. The van der Waals surface area contributed by atoms with Crippen LogP contribution in [0.1, 0.15) is 5.76 Å². The zero-order valence-electron chi connectivity index (χ0n) is 4.43. The lowest BCUT2D eigenvalue weighted by atomic mass is 10.5. The van der Waals surface area contributed by atoms with Crippen LogP contribution in [-0.2, 0) is 6.54 Å². The summed E-state index contributed by atoms with van der Waals surface area (Å²) in [6.07, 6.45) is 1.65. The van der Waals surface area contributed by atoms with E-state index in [9.17, 15) is 0 Å². The van der Waals surface area contributed by atoms with Gasteiger partial charge in [0.05, 0.1) is 6.26 Å². The average Bonchev–Trinajstić information content (AvgIpc) is 2.14. The van der Waals surface area contributed by atoms with Gasteiger partial charge < -0.3 is 34.1 Å². The SMILES string of the molecule is [I-].[NH3+]Cc1ccco1. The second-order valence-electron chi connectivity index (χ2n) is 1.33. The number of rotatable bonds is 1. The fourth-order valence-electron chi connectivity index (χ4n) is 0.455. The van der Waals surface area contributed by atoms with Gasteiger partial charge >= 0.3 is 0 Å². The molecule has 0 atom stereocenters. The maximum atomic E-state index is 4.92. The molecule has 0 saturated carbocycles. The predicted octanol–water partition coefficient (Wildman–Crippen LogP) is -2.97. The molecule has 0 spiro atoms. The Labute approximate surface area is 65.1 Å². The molecule has 3 N–H and O–H groups in total. The molecule has 0 aliphatic carbocycles. The first-order chi connectivity index (χ1) is 3.43. The summed E-state index contributed by atoms with van der Waals surface area (Å²) in [5.74, 6) is 0.944. The highest BCUT2D eigenvalue weighted by atomic mass is 127. The minimum atomic E-state index is 0. The van der Waals surface area contributed by atoms with Gasteiger partial charge in [0.25, 0.3) is 0 Å². The van der Waals surface area contributed by atoms with Crippen LogP contribution in [-0.4, -0.2) is 0 Å². The summed E-state index contributed by atoms with van der Waals surface area (Å²) >= 11 is 0. The van der Waals surface area contributed by atoms with Crippen molar-refractivity contribution in [3.8, 4) is 0 Å². The third-order valence-electron chi connectivity index (χ3n) is 0.827. The molecule has 46 valence electrons. The molecule has 2 nitrogen and oxygen atoms in total. The van der Waals surface area contributed by atoms with Crippen molar-refractivity contribution in [2.45, 2.75) is 6.54 Å². The second kappa shape index (κ2) is 3.91. The topological polar surface area (TPSA) is 40.8 Å². The van der Waals surface area contributed by atoms with Crippen molar-refractivity contribution in [1.29, 1.82) is 0 Å². The third kappa shape index (κ3) is 1.83. The molecular weight excluding hydrogens is 217 g/mol. The van der Waals surface area contributed by atoms with Gasteiger partial charge in [0.2, 0.25) is 0 Å². The van der Waals surface area contributed by atoms with Gasteiger partial charge in [-0.3, -0.25) is 0 Å². The van der Waals surface area contributed by atoms with Crippen LogP contribution in [0.4, 0.5) is 0 Å². The minimum absolute atomic E-state index is 0. The lowest BCUT2D eigenvalue weighted by Gasteiger charge is -1.77. The molecule has 0 bridgehead atoms. The van der Waals surface area contributed by atoms with Crippen LogP contribution in [0.15, 0.2) is 22.8 Å². The van der Waals surface area contributed by atoms with Crippen LogP contribution >= 0.6 is 0 Å². The smallest absolute Gasteiger partial charge is 0.157 e. The zero-order valence-corrected chi connectivity index (χ0v) is 6.59. The molecule has 8 heavy (non-hydrogen) atoms. The van der Waals surface area contributed by atoms with Crippen LogP contribution in [0.3, 0.4) is 0 Å². The zero-order chi connectivity index (χ0) is 5.11. The molecule has 0 saturated heterocycles. The van der Waals surface area contributed by atoms with Crippen LogP contribution in [0.2, 0.25) is 0 Å². The van der Waals surface area contributed by atoms with Gasteiger partial charge in [-0.25, -0.2) is 0 Å². The maximum absolute atomic E-state index is 4.92. The lowest BCUT2D eigenvalue weighted by molar-refractivity contribution is -0.390. The first-order valence-corrected chi connectivity index (χ1v) is 2.25. The molecular formula is C5H8INO. The van der Waals surface area contributed by atoms with Crippen LogP contribution in [0.5, 0.6) is 0 Å². The molecule has 0 amide bonds. The van der Waals surface area contributed by atoms with E-state index in [-0.39, 0.29) is 24.0 Å². The van der Waals surface area contributed by atoms with Crippen molar-refractivity contribution >= 4 is 0 Å². The quantitative estimate of drug-likeness (QED) is 0.509. The molecule has 3 heteroatoms. The summed E-state index contributed by atoms with van der Waals surface area (Å²) < 4.78 is 4.92. The standard InChI is InChI=1S/C5H7NO.HI/c6-4-5-2-1-3-7-5;/h1-3H,4,6H2;1H. The first kappa shape index (κ1) is 7.97. The van der Waals surface area contributed by atoms with Crippen LogP contribution < -0.4 is 29.7 Å². The third-order valence-corrected chi connectivity index (χ3v) is 0.827.